The van der Waals surface area contributed by atoms with Gasteiger partial charge in [-0.3, -0.25) is 9.20 Å². The predicted molar refractivity (Wildman–Crippen MR) is 89.4 cm³/mol. The lowest BCUT2D eigenvalue weighted by Gasteiger charge is -2.22. The average molecular weight is 340 g/mol. The Balaban J connectivity index is 1.58. The first-order valence-electron chi connectivity index (χ1n) is 8.20. The Morgan fingerprint density at radius 1 is 1.20 bits per heavy atom. The van der Waals surface area contributed by atoms with E-state index in [2.05, 4.69) is 5.10 Å². The topological polar surface area (TPSA) is 59.6 Å². The molecule has 2 aromatic heterocycles. The van der Waals surface area contributed by atoms with Crippen LogP contribution < -0.4 is 5.69 Å². The van der Waals surface area contributed by atoms with Crippen LogP contribution in [0.3, 0.4) is 0 Å². The molecular weight excluding hydrogens is 323 g/mol. The first-order chi connectivity index (χ1) is 12.1. The summed E-state index contributed by atoms with van der Waals surface area (Å²) in [6.07, 6.45) is 3.42. The van der Waals surface area contributed by atoms with Gasteiger partial charge in [0, 0.05) is 24.3 Å². The molecule has 7 heteroatoms. The summed E-state index contributed by atoms with van der Waals surface area (Å²) in [5.41, 5.74) is 0.614. The van der Waals surface area contributed by atoms with Crippen molar-refractivity contribution in [2.75, 3.05) is 0 Å². The second kappa shape index (κ2) is 6.16. The lowest BCUT2D eigenvalue weighted by atomic mass is 10.2. The van der Waals surface area contributed by atoms with E-state index >= 15 is 0 Å². The van der Waals surface area contributed by atoms with E-state index in [1.807, 2.05) is 0 Å². The van der Waals surface area contributed by atoms with Crippen LogP contribution in [0.5, 0.6) is 0 Å². The Hall–Kier alpha value is -2.96. The van der Waals surface area contributed by atoms with Gasteiger partial charge in [-0.25, -0.2) is 13.9 Å². The highest BCUT2D eigenvalue weighted by Crippen LogP contribution is 2.29. The summed E-state index contributed by atoms with van der Waals surface area (Å²) in [5, 5.41) is 4.18. The minimum absolute atomic E-state index is 0.111. The molecule has 0 spiro atoms. The highest BCUT2D eigenvalue weighted by atomic mass is 19.1. The summed E-state index contributed by atoms with van der Waals surface area (Å²) in [4.78, 5) is 26.7. The van der Waals surface area contributed by atoms with Gasteiger partial charge in [0.2, 0.25) is 5.91 Å². The zero-order valence-corrected chi connectivity index (χ0v) is 13.5. The molecule has 6 nitrogen and oxygen atoms in total. The molecule has 0 aliphatic heterocycles. The van der Waals surface area contributed by atoms with Crippen LogP contribution in [0.15, 0.2) is 53.5 Å². The van der Waals surface area contributed by atoms with Gasteiger partial charge >= 0.3 is 5.69 Å². The fraction of sp³-hybridized carbons (Fsp3) is 0.278. The average Bonchev–Trinajstić information content (AvgIpc) is 3.40. The Kier molecular flexibility index (Phi) is 3.83. The number of carbonyl (C=O) groups excluding carboxylic acids is 1. The SMILES string of the molecule is O=C(Cn1nc2ccccn2c1=O)N(Cc1ccccc1F)C1CC1. The van der Waals surface area contributed by atoms with Crippen LogP contribution in [0.2, 0.25) is 0 Å². The second-order valence-corrected chi connectivity index (χ2v) is 6.21. The van der Waals surface area contributed by atoms with E-state index in [1.165, 1.54) is 10.5 Å². The van der Waals surface area contributed by atoms with Gasteiger partial charge in [-0.05, 0) is 31.0 Å². The number of hydrogen-bond acceptors (Lipinski definition) is 3. The molecule has 128 valence electrons. The van der Waals surface area contributed by atoms with Crippen LogP contribution in [0, 0.1) is 5.82 Å². The third-order valence-corrected chi connectivity index (χ3v) is 4.38. The number of pyridine rings is 1. The number of amides is 1. The normalized spacial score (nSPS) is 14.0. The fourth-order valence-corrected chi connectivity index (χ4v) is 2.91. The molecule has 0 atom stereocenters. The van der Waals surface area contributed by atoms with E-state index in [1.54, 1.807) is 47.5 Å². The minimum Gasteiger partial charge on any atom is -0.334 e. The molecule has 1 aliphatic carbocycles. The summed E-state index contributed by atoms with van der Waals surface area (Å²) in [7, 11) is 0. The molecule has 1 aromatic carbocycles. The number of carbonyl (C=O) groups is 1. The molecule has 0 N–H and O–H groups in total. The van der Waals surface area contributed by atoms with Crippen molar-refractivity contribution in [1.29, 1.82) is 0 Å². The molecule has 25 heavy (non-hydrogen) atoms. The number of rotatable bonds is 5. The molecule has 0 saturated heterocycles. The van der Waals surface area contributed by atoms with Crippen LogP contribution in [0.1, 0.15) is 18.4 Å². The molecule has 1 aliphatic rings. The number of halogens is 1. The van der Waals surface area contributed by atoms with Crippen molar-refractivity contribution in [2.24, 2.45) is 0 Å². The molecular formula is C18H17FN4O2. The zero-order valence-electron chi connectivity index (χ0n) is 13.5. The van der Waals surface area contributed by atoms with Crippen LogP contribution in [-0.2, 0) is 17.9 Å². The van der Waals surface area contributed by atoms with Gasteiger partial charge in [0.25, 0.3) is 0 Å². The molecule has 0 radical (unpaired) electrons. The van der Waals surface area contributed by atoms with Gasteiger partial charge < -0.3 is 4.90 Å². The number of hydrogen-bond donors (Lipinski definition) is 0. The van der Waals surface area contributed by atoms with E-state index in [0.717, 1.165) is 17.5 Å². The van der Waals surface area contributed by atoms with Crippen LogP contribution in [0.25, 0.3) is 5.65 Å². The van der Waals surface area contributed by atoms with E-state index < -0.39 is 0 Å². The molecule has 4 rings (SSSR count). The van der Waals surface area contributed by atoms with Crippen molar-refractivity contribution < 1.29 is 9.18 Å². The minimum atomic E-state index is -0.356. The van der Waals surface area contributed by atoms with Crippen LogP contribution >= 0.6 is 0 Å². The molecule has 1 saturated carbocycles. The summed E-state index contributed by atoms with van der Waals surface area (Å²) in [6.45, 7) is 0.0593. The molecule has 1 fully saturated rings. The van der Waals surface area contributed by atoms with Gasteiger partial charge in [0.1, 0.15) is 12.4 Å². The lowest BCUT2D eigenvalue weighted by molar-refractivity contribution is -0.133. The monoisotopic (exact) mass is 340 g/mol. The van der Waals surface area contributed by atoms with Crippen molar-refractivity contribution in [3.05, 3.63) is 70.5 Å². The van der Waals surface area contributed by atoms with Gasteiger partial charge in [0.05, 0.1) is 0 Å². The third-order valence-electron chi connectivity index (χ3n) is 4.38. The Labute approximate surface area is 143 Å². The molecule has 3 aromatic rings. The van der Waals surface area contributed by atoms with Gasteiger partial charge in [-0.1, -0.05) is 24.3 Å². The summed E-state index contributed by atoms with van der Waals surface area (Å²) >= 11 is 0. The van der Waals surface area contributed by atoms with E-state index in [0.29, 0.717) is 11.2 Å². The third kappa shape index (κ3) is 3.05. The standard InChI is InChI=1S/C18H17FN4O2/c19-15-6-2-1-5-13(15)11-22(14-8-9-14)17(24)12-23-18(25)21-10-4-3-7-16(21)20-23/h1-7,10,14H,8-9,11-12H2. The lowest BCUT2D eigenvalue weighted by Crippen LogP contribution is -2.38. The maximum Gasteiger partial charge on any atom is 0.350 e. The molecule has 0 unspecified atom stereocenters. The zero-order chi connectivity index (χ0) is 17.4. The highest BCUT2D eigenvalue weighted by molar-refractivity contribution is 5.76. The smallest absolute Gasteiger partial charge is 0.334 e. The largest absolute Gasteiger partial charge is 0.350 e. The van der Waals surface area contributed by atoms with Crippen LogP contribution in [-0.4, -0.2) is 31.0 Å². The van der Waals surface area contributed by atoms with Crippen molar-refractivity contribution in [1.82, 2.24) is 19.1 Å². The van der Waals surface area contributed by atoms with Crippen molar-refractivity contribution >= 4 is 11.6 Å². The molecule has 2 heterocycles. The first-order valence-corrected chi connectivity index (χ1v) is 8.20. The van der Waals surface area contributed by atoms with Crippen molar-refractivity contribution in [2.45, 2.75) is 32.0 Å². The maximum absolute atomic E-state index is 13.9. The Morgan fingerprint density at radius 2 is 1.96 bits per heavy atom. The van der Waals surface area contributed by atoms with Crippen LogP contribution in [0.4, 0.5) is 4.39 Å². The number of fused-ring (bicyclic) bond motifs is 1. The van der Waals surface area contributed by atoms with Gasteiger partial charge in [-0.15, -0.1) is 5.10 Å². The number of benzene rings is 1. The van der Waals surface area contributed by atoms with E-state index in [9.17, 15) is 14.0 Å². The summed E-state index contributed by atoms with van der Waals surface area (Å²) in [5.74, 6) is -0.554. The van der Waals surface area contributed by atoms with Gasteiger partial charge in [0.15, 0.2) is 5.65 Å². The number of aromatic nitrogens is 3. The fourth-order valence-electron chi connectivity index (χ4n) is 2.91. The summed E-state index contributed by atoms with van der Waals surface area (Å²) < 4.78 is 16.5. The van der Waals surface area contributed by atoms with Crippen molar-refractivity contribution in [3.8, 4) is 0 Å². The van der Waals surface area contributed by atoms with E-state index in [4.69, 9.17) is 0 Å². The Morgan fingerprint density at radius 3 is 2.68 bits per heavy atom. The Bertz CT molecular complexity index is 990. The molecule has 1 amide bonds. The van der Waals surface area contributed by atoms with Gasteiger partial charge in [-0.2, -0.15) is 0 Å². The second-order valence-electron chi connectivity index (χ2n) is 6.21. The summed E-state index contributed by atoms with van der Waals surface area (Å²) in [6, 6.07) is 11.8. The van der Waals surface area contributed by atoms with Crippen molar-refractivity contribution in [3.63, 3.8) is 0 Å². The van der Waals surface area contributed by atoms with E-state index in [-0.39, 0.29) is 36.5 Å². The maximum atomic E-state index is 13.9. The quantitative estimate of drug-likeness (QED) is 0.712. The highest BCUT2D eigenvalue weighted by Gasteiger charge is 2.33. The first kappa shape index (κ1) is 15.6. The number of nitrogens with zero attached hydrogens (tertiary/aromatic N) is 4. The predicted octanol–water partition coefficient (Wildman–Crippen LogP) is 1.83. The molecule has 0 bridgehead atoms.